The maximum atomic E-state index is 13.2. The molecule has 30 heavy (non-hydrogen) atoms. The van der Waals surface area contributed by atoms with Crippen molar-refractivity contribution in [1.29, 1.82) is 0 Å². The van der Waals surface area contributed by atoms with Crippen LogP contribution in [0.3, 0.4) is 0 Å². The Morgan fingerprint density at radius 2 is 1.93 bits per heavy atom. The van der Waals surface area contributed by atoms with E-state index in [-0.39, 0.29) is 23.5 Å². The number of rotatable bonds is 4. The van der Waals surface area contributed by atoms with E-state index in [2.05, 4.69) is 16.4 Å². The minimum Gasteiger partial charge on any atom is -0.308 e. The Kier molecular flexibility index (Phi) is 4.83. The minimum atomic E-state index is -0.357. The molecule has 0 bridgehead atoms. The first-order valence-corrected chi connectivity index (χ1v) is 10.9. The van der Waals surface area contributed by atoms with E-state index in [1.807, 2.05) is 17.5 Å². The molecular weight excluding hydrogens is 401 g/mol. The van der Waals surface area contributed by atoms with Gasteiger partial charge in [0, 0.05) is 34.7 Å². The molecule has 3 aromatic rings. The SMILES string of the molecule is O=C(Nc1nc(-c2ccc3c(c2)CCN3C(=O)c2ccc(F)cc2)cs1)C1CCC1. The maximum absolute atomic E-state index is 13.2. The second-order valence-electron chi connectivity index (χ2n) is 7.71. The number of fused-ring (bicyclic) bond motifs is 1. The van der Waals surface area contributed by atoms with Crippen LogP contribution in [-0.4, -0.2) is 23.3 Å². The number of hydrogen-bond donors (Lipinski definition) is 1. The second-order valence-corrected chi connectivity index (χ2v) is 8.57. The van der Waals surface area contributed by atoms with Crippen LogP contribution in [-0.2, 0) is 11.2 Å². The van der Waals surface area contributed by atoms with Crippen LogP contribution in [0.15, 0.2) is 47.8 Å². The number of carbonyl (C=O) groups is 2. The summed E-state index contributed by atoms with van der Waals surface area (Å²) in [5.74, 6) is -0.298. The van der Waals surface area contributed by atoms with Crippen LogP contribution in [0.25, 0.3) is 11.3 Å². The van der Waals surface area contributed by atoms with E-state index in [0.29, 0.717) is 17.2 Å². The van der Waals surface area contributed by atoms with Crippen molar-refractivity contribution in [2.75, 3.05) is 16.8 Å². The summed E-state index contributed by atoms with van der Waals surface area (Å²) in [7, 11) is 0. The van der Waals surface area contributed by atoms with Crippen LogP contribution in [0.4, 0.5) is 15.2 Å². The van der Waals surface area contributed by atoms with Crippen molar-refractivity contribution < 1.29 is 14.0 Å². The Morgan fingerprint density at radius 1 is 1.13 bits per heavy atom. The van der Waals surface area contributed by atoms with Gasteiger partial charge in [-0.15, -0.1) is 11.3 Å². The van der Waals surface area contributed by atoms with Gasteiger partial charge >= 0.3 is 0 Å². The fraction of sp³-hybridized carbons (Fsp3) is 0.261. The van der Waals surface area contributed by atoms with Gasteiger partial charge in [-0.05, 0) is 61.2 Å². The van der Waals surface area contributed by atoms with Crippen molar-refractivity contribution in [3.8, 4) is 11.3 Å². The van der Waals surface area contributed by atoms with Gasteiger partial charge in [0.15, 0.2) is 5.13 Å². The van der Waals surface area contributed by atoms with Crippen molar-refractivity contribution in [1.82, 2.24) is 4.98 Å². The molecule has 2 aromatic carbocycles. The van der Waals surface area contributed by atoms with E-state index in [1.165, 1.54) is 35.6 Å². The Balaban J connectivity index is 1.33. The van der Waals surface area contributed by atoms with Crippen molar-refractivity contribution in [3.63, 3.8) is 0 Å². The molecule has 2 heterocycles. The summed E-state index contributed by atoms with van der Waals surface area (Å²) in [5, 5.41) is 5.48. The van der Waals surface area contributed by atoms with Crippen LogP contribution < -0.4 is 10.2 Å². The number of amides is 2. The van der Waals surface area contributed by atoms with Crippen molar-refractivity contribution >= 4 is 34.0 Å². The highest BCUT2D eigenvalue weighted by atomic mass is 32.1. The molecule has 1 aromatic heterocycles. The van der Waals surface area contributed by atoms with Gasteiger partial charge in [-0.1, -0.05) is 12.5 Å². The van der Waals surface area contributed by atoms with Gasteiger partial charge in [0.25, 0.3) is 5.91 Å². The van der Waals surface area contributed by atoms with Crippen LogP contribution in [0.1, 0.15) is 35.2 Å². The number of nitrogens with zero attached hydrogens (tertiary/aromatic N) is 2. The van der Waals surface area contributed by atoms with Crippen molar-refractivity contribution in [3.05, 3.63) is 64.8 Å². The third kappa shape index (κ3) is 3.50. The van der Waals surface area contributed by atoms with Gasteiger partial charge in [-0.25, -0.2) is 9.37 Å². The van der Waals surface area contributed by atoms with Gasteiger partial charge in [0.2, 0.25) is 5.91 Å². The molecule has 1 aliphatic carbocycles. The van der Waals surface area contributed by atoms with E-state index in [9.17, 15) is 14.0 Å². The summed E-state index contributed by atoms with van der Waals surface area (Å²) in [6.07, 6.45) is 3.80. The Hall–Kier alpha value is -3.06. The molecule has 2 aliphatic rings. The maximum Gasteiger partial charge on any atom is 0.258 e. The monoisotopic (exact) mass is 421 g/mol. The first-order valence-electron chi connectivity index (χ1n) is 10.1. The summed E-state index contributed by atoms with van der Waals surface area (Å²) in [5.41, 5.74) is 4.21. The summed E-state index contributed by atoms with van der Waals surface area (Å²) < 4.78 is 13.2. The number of benzene rings is 2. The highest BCUT2D eigenvalue weighted by molar-refractivity contribution is 7.14. The van der Waals surface area contributed by atoms with Crippen molar-refractivity contribution in [2.45, 2.75) is 25.7 Å². The molecule has 1 aliphatic heterocycles. The summed E-state index contributed by atoms with van der Waals surface area (Å²) in [4.78, 5) is 31.2. The average Bonchev–Trinajstić information content (AvgIpc) is 3.33. The number of hydrogen-bond acceptors (Lipinski definition) is 4. The summed E-state index contributed by atoms with van der Waals surface area (Å²) >= 11 is 1.42. The van der Waals surface area contributed by atoms with E-state index in [4.69, 9.17) is 0 Å². The van der Waals surface area contributed by atoms with E-state index in [0.717, 1.165) is 48.2 Å². The first-order chi connectivity index (χ1) is 14.6. The fourth-order valence-electron chi connectivity index (χ4n) is 3.86. The lowest BCUT2D eigenvalue weighted by molar-refractivity contribution is -0.122. The van der Waals surface area contributed by atoms with Gasteiger partial charge in [-0.2, -0.15) is 0 Å². The van der Waals surface area contributed by atoms with Gasteiger partial charge in [0.05, 0.1) is 5.69 Å². The number of halogens is 1. The number of aromatic nitrogens is 1. The zero-order valence-electron chi connectivity index (χ0n) is 16.2. The zero-order chi connectivity index (χ0) is 20.7. The first kappa shape index (κ1) is 18.9. The normalized spacial score (nSPS) is 15.6. The molecule has 1 saturated carbocycles. The summed E-state index contributed by atoms with van der Waals surface area (Å²) in [6, 6.07) is 11.6. The lowest BCUT2D eigenvalue weighted by Gasteiger charge is -2.23. The van der Waals surface area contributed by atoms with E-state index in [1.54, 1.807) is 4.90 Å². The molecule has 0 radical (unpaired) electrons. The average molecular weight is 421 g/mol. The molecule has 1 N–H and O–H groups in total. The second kappa shape index (κ2) is 7.65. The Bertz CT molecular complexity index is 1120. The highest BCUT2D eigenvalue weighted by Crippen LogP contribution is 2.35. The van der Waals surface area contributed by atoms with Crippen LogP contribution >= 0.6 is 11.3 Å². The number of thiazole rings is 1. The quantitative estimate of drug-likeness (QED) is 0.652. The minimum absolute atomic E-state index is 0.0612. The molecule has 152 valence electrons. The third-order valence-corrected chi connectivity index (χ3v) is 6.58. The molecule has 0 unspecified atom stereocenters. The predicted molar refractivity (Wildman–Crippen MR) is 115 cm³/mol. The molecular formula is C23H20FN3O2S. The topological polar surface area (TPSA) is 62.3 Å². The molecule has 7 heteroatoms. The smallest absolute Gasteiger partial charge is 0.258 e. The van der Waals surface area contributed by atoms with E-state index >= 15 is 0 Å². The fourth-order valence-corrected chi connectivity index (χ4v) is 4.58. The van der Waals surface area contributed by atoms with Crippen molar-refractivity contribution in [2.24, 2.45) is 5.92 Å². The van der Waals surface area contributed by atoms with Gasteiger partial charge in [-0.3, -0.25) is 9.59 Å². The largest absolute Gasteiger partial charge is 0.308 e. The highest BCUT2D eigenvalue weighted by Gasteiger charge is 2.27. The third-order valence-electron chi connectivity index (χ3n) is 5.82. The Morgan fingerprint density at radius 3 is 2.67 bits per heavy atom. The molecule has 5 rings (SSSR count). The molecule has 0 atom stereocenters. The predicted octanol–water partition coefficient (Wildman–Crippen LogP) is 4.89. The van der Waals surface area contributed by atoms with Crippen LogP contribution in [0, 0.1) is 11.7 Å². The molecule has 5 nitrogen and oxygen atoms in total. The lowest BCUT2D eigenvalue weighted by Crippen LogP contribution is -2.28. The zero-order valence-corrected chi connectivity index (χ0v) is 17.0. The van der Waals surface area contributed by atoms with Gasteiger partial charge in [0.1, 0.15) is 5.82 Å². The lowest BCUT2D eigenvalue weighted by atomic mass is 9.85. The molecule has 2 amide bonds. The molecule has 0 saturated heterocycles. The number of carbonyl (C=O) groups excluding carboxylic acids is 2. The summed E-state index contributed by atoms with van der Waals surface area (Å²) in [6.45, 7) is 0.592. The van der Waals surface area contributed by atoms with E-state index < -0.39 is 0 Å². The molecule has 1 fully saturated rings. The van der Waals surface area contributed by atoms with Crippen LogP contribution in [0.2, 0.25) is 0 Å². The molecule has 0 spiro atoms. The van der Waals surface area contributed by atoms with Crippen LogP contribution in [0.5, 0.6) is 0 Å². The standard InChI is InChI=1S/C23H20FN3O2S/c24-18-7-4-15(5-8-18)22(29)27-11-10-17-12-16(6-9-20(17)27)19-13-30-23(25-19)26-21(28)14-2-1-3-14/h4-9,12-14H,1-3,10-11H2,(H,25,26,28). The van der Waals surface area contributed by atoms with Gasteiger partial charge < -0.3 is 10.2 Å². The Labute approximate surface area is 177 Å². The number of anilines is 2. The number of nitrogens with one attached hydrogen (secondary N) is 1.